The second kappa shape index (κ2) is 6.52. The number of aromatic nitrogens is 1. The molecule has 5 heteroatoms. The molecule has 0 aliphatic heterocycles. The Morgan fingerprint density at radius 1 is 1.40 bits per heavy atom. The van der Waals surface area contributed by atoms with Gasteiger partial charge in [-0.15, -0.1) is 11.3 Å². The van der Waals surface area contributed by atoms with Crippen molar-refractivity contribution >= 4 is 23.1 Å². The van der Waals surface area contributed by atoms with E-state index in [0.717, 1.165) is 18.5 Å². The first kappa shape index (κ1) is 14.5. The van der Waals surface area contributed by atoms with Gasteiger partial charge in [-0.05, 0) is 37.6 Å². The van der Waals surface area contributed by atoms with Gasteiger partial charge in [-0.25, -0.2) is 9.78 Å². The number of nitrogens with zero attached hydrogens (tertiary/aromatic N) is 1. The Bertz CT molecular complexity index is 608. The average molecular weight is 290 g/mol. The van der Waals surface area contributed by atoms with E-state index in [-0.39, 0.29) is 5.56 Å². The molecule has 0 saturated heterocycles. The van der Waals surface area contributed by atoms with E-state index in [1.54, 1.807) is 23.5 Å². The molecule has 2 N–H and O–H groups in total. The number of nitrogens with one attached hydrogen (secondary N) is 1. The van der Waals surface area contributed by atoms with Crippen molar-refractivity contribution in [1.82, 2.24) is 4.98 Å². The fourth-order valence-electron chi connectivity index (χ4n) is 1.94. The number of hydrogen-bond donors (Lipinski definition) is 2. The Kier molecular flexibility index (Phi) is 4.74. The molecule has 0 saturated carbocycles. The van der Waals surface area contributed by atoms with Crippen molar-refractivity contribution in [2.45, 2.75) is 33.2 Å². The van der Waals surface area contributed by atoms with Gasteiger partial charge < -0.3 is 10.4 Å². The number of hydrogen-bond acceptors (Lipinski definition) is 4. The minimum atomic E-state index is -0.917. The molecule has 0 spiro atoms. The molecule has 2 aromatic rings. The highest BCUT2D eigenvalue weighted by molar-refractivity contribution is 7.11. The first-order chi connectivity index (χ1) is 9.58. The fourth-order valence-corrected chi connectivity index (χ4v) is 2.77. The van der Waals surface area contributed by atoms with Gasteiger partial charge in [-0.1, -0.05) is 13.3 Å². The van der Waals surface area contributed by atoms with Gasteiger partial charge in [0.05, 0.1) is 12.1 Å². The molecule has 4 nitrogen and oxygen atoms in total. The van der Waals surface area contributed by atoms with Gasteiger partial charge in [0.25, 0.3) is 0 Å². The van der Waals surface area contributed by atoms with Gasteiger partial charge in [0.1, 0.15) is 5.82 Å². The van der Waals surface area contributed by atoms with Crippen molar-refractivity contribution in [3.05, 3.63) is 45.3 Å². The van der Waals surface area contributed by atoms with E-state index in [9.17, 15) is 4.79 Å². The maximum atomic E-state index is 11.1. The Morgan fingerprint density at radius 2 is 2.20 bits per heavy atom. The molecule has 0 amide bonds. The van der Waals surface area contributed by atoms with Crippen LogP contribution in [0.5, 0.6) is 0 Å². The van der Waals surface area contributed by atoms with E-state index in [4.69, 9.17) is 5.11 Å². The summed E-state index contributed by atoms with van der Waals surface area (Å²) in [6.07, 6.45) is 1.73. The smallest absolute Gasteiger partial charge is 0.335 e. The monoisotopic (exact) mass is 290 g/mol. The Morgan fingerprint density at radius 3 is 2.80 bits per heavy atom. The lowest BCUT2D eigenvalue weighted by atomic mass is 10.1. The third-order valence-electron chi connectivity index (χ3n) is 2.87. The van der Waals surface area contributed by atoms with Gasteiger partial charge in [0, 0.05) is 15.4 Å². The summed E-state index contributed by atoms with van der Waals surface area (Å²) >= 11 is 1.73. The summed E-state index contributed by atoms with van der Waals surface area (Å²) in [7, 11) is 0. The van der Waals surface area contributed by atoms with Gasteiger partial charge in [-0.3, -0.25) is 0 Å². The quantitative estimate of drug-likeness (QED) is 0.851. The zero-order valence-electron chi connectivity index (χ0n) is 11.6. The highest BCUT2D eigenvalue weighted by Crippen LogP contribution is 2.18. The summed E-state index contributed by atoms with van der Waals surface area (Å²) in [4.78, 5) is 18.1. The van der Waals surface area contributed by atoms with Gasteiger partial charge in [0.15, 0.2) is 0 Å². The normalized spacial score (nSPS) is 10.5. The van der Waals surface area contributed by atoms with Crippen molar-refractivity contribution in [3.63, 3.8) is 0 Å². The Labute approximate surface area is 122 Å². The third kappa shape index (κ3) is 3.81. The van der Waals surface area contributed by atoms with Crippen LogP contribution < -0.4 is 5.32 Å². The number of pyridine rings is 1. The number of thiophene rings is 1. The summed E-state index contributed by atoms with van der Waals surface area (Å²) in [5, 5.41) is 12.3. The molecule has 0 fully saturated rings. The van der Waals surface area contributed by atoms with E-state index in [1.165, 1.54) is 9.75 Å². The third-order valence-corrected chi connectivity index (χ3v) is 3.87. The van der Waals surface area contributed by atoms with Crippen molar-refractivity contribution < 1.29 is 9.90 Å². The lowest BCUT2D eigenvalue weighted by molar-refractivity contribution is 0.0696. The molecule has 0 aliphatic carbocycles. The van der Waals surface area contributed by atoms with Crippen LogP contribution in [0, 0.1) is 6.92 Å². The number of anilines is 1. The summed E-state index contributed by atoms with van der Waals surface area (Å²) in [6, 6.07) is 7.38. The molecule has 0 radical (unpaired) electrons. The standard InChI is InChI=1S/C15H18N2O2S/c1-3-4-12-7-11(15(18)19)8-14(17-12)16-9-13-6-5-10(2)20-13/h5-8H,3-4,9H2,1-2H3,(H,16,17)(H,18,19). The van der Waals surface area contributed by atoms with Crippen LogP contribution in [0.15, 0.2) is 24.3 Å². The number of aromatic carboxylic acids is 1. The second-order valence-corrected chi connectivity index (χ2v) is 6.03. The minimum absolute atomic E-state index is 0.285. The van der Waals surface area contributed by atoms with Gasteiger partial charge in [0.2, 0.25) is 0 Å². The van der Waals surface area contributed by atoms with Gasteiger partial charge >= 0.3 is 5.97 Å². The number of rotatable bonds is 6. The molecule has 2 rings (SSSR count). The molecular formula is C15H18N2O2S. The summed E-state index contributed by atoms with van der Waals surface area (Å²) in [5.74, 6) is -0.292. The lowest BCUT2D eigenvalue weighted by Gasteiger charge is -2.08. The van der Waals surface area contributed by atoms with Crippen LogP contribution >= 0.6 is 11.3 Å². The molecule has 0 aromatic carbocycles. The molecule has 0 atom stereocenters. The van der Waals surface area contributed by atoms with E-state index < -0.39 is 5.97 Å². The van der Waals surface area contributed by atoms with Crippen LogP contribution in [0.2, 0.25) is 0 Å². The maximum absolute atomic E-state index is 11.1. The van der Waals surface area contributed by atoms with Crippen molar-refractivity contribution in [2.24, 2.45) is 0 Å². The Hall–Kier alpha value is -1.88. The van der Waals surface area contributed by atoms with Crippen molar-refractivity contribution in [1.29, 1.82) is 0 Å². The highest BCUT2D eigenvalue weighted by Gasteiger charge is 2.08. The van der Waals surface area contributed by atoms with Crippen molar-refractivity contribution in [2.75, 3.05) is 5.32 Å². The second-order valence-electron chi connectivity index (χ2n) is 4.65. The molecule has 0 bridgehead atoms. The summed E-state index contributed by atoms with van der Waals surface area (Å²) in [6.45, 7) is 4.79. The predicted octanol–water partition coefficient (Wildman–Crippen LogP) is 3.71. The number of carbonyl (C=O) groups is 1. The zero-order chi connectivity index (χ0) is 14.5. The van der Waals surface area contributed by atoms with Crippen molar-refractivity contribution in [3.8, 4) is 0 Å². The zero-order valence-corrected chi connectivity index (χ0v) is 12.5. The van der Waals surface area contributed by atoms with Gasteiger partial charge in [-0.2, -0.15) is 0 Å². The average Bonchev–Trinajstić information content (AvgIpc) is 2.82. The van der Waals surface area contributed by atoms with Crippen LogP contribution in [-0.4, -0.2) is 16.1 Å². The molecule has 2 heterocycles. The molecule has 20 heavy (non-hydrogen) atoms. The summed E-state index contributed by atoms with van der Waals surface area (Å²) < 4.78 is 0. The van der Waals surface area contributed by atoms with Crippen LogP contribution in [0.4, 0.5) is 5.82 Å². The van der Waals surface area contributed by atoms with E-state index in [2.05, 4.69) is 36.3 Å². The molecule has 0 aliphatic rings. The molecule has 106 valence electrons. The molecule has 2 aromatic heterocycles. The van der Waals surface area contributed by atoms with Crippen LogP contribution in [0.3, 0.4) is 0 Å². The van der Waals surface area contributed by atoms with Crippen LogP contribution in [0.1, 0.15) is 39.2 Å². The van der Waals surface area contributed by atoms with E-state index in [1.807, 2.05) is 0 Å². The SMILES string of the molecule is CCCc1cc(C(=O)O)cc(NCc2ccc(C)s2)n1. The lowest BCUT2D eigenvalue weighted by Crippen LogP contribution is -2.06. The first-order valence-electron chi connectivity index (χ1n) is 6.62. The van der Waals surface area contributed by atoms with Crippen LogP contribution in [0.25, 0.3) is 0 Å². The first-order valence-corrected chi connectivity index (χ1v) is 7.43. The summed E-state index contributed by atoms with van der Waals surface area (Å²) in [5.41, 5.74) is 1.10. The Balaban J connectivity index is 2.15. The molecule has 0 unspecified atom stereocenters. The van der Waals surface area contributed by atoms with Crippen LogP contribution in [-0.2, 0) is 13.0 Å². The topological polar surface area (TPSA) is 62.2 Å². The largest absolute Gasteiger partial charge is 0.478 e. The molecular weight excluding hydrogens is 272 g/mol. The number of aryl methyl sites for hydroxylation is 2. The fraction of sp³-hybridized carbons (Fsp3) is 0.333. The maximum Gasteiger partial charge on any atom is 0.335 e. The number of carboxylic acid groups (broad SMARTS) is 1. The van der Waals surface area contributed by atoms with E-state index >= 15 is 0 Å². The predicted molar refractivity (Wildman–Crippen MR) is 81.6 cm³/mol. The van der Waals surface area contributed by atoms with E-state index in [0.29, 0.717) is 12.4 Å². The number of carboxylic acids is 1. The minimum Gasteiger partial charge on any atom is -0.478 e. The highest BCUT2D eigenvalue weighted by atomic mass is 32.1.